The molecule has 0 bridgehead atoms. The van der Waals surface area contributed by atoms with Crippen molar-refractivity contribution in [1.82, 2.24) is 0 Å². The molecule has 0 fully saturated rings. The van der Waals surface area contributed by atoms with Crippen LogP contribution in [0.15, 0.2) is 36.4 Å². The van der Waals surface area contributed by atoms with Gasteiger partial charge in [-0.3, -0.25) is 14.9 Å². The number of rotatable bonds is 7. The highest BCUT2D eigenvalue weighted by atomic mass is 19.1. The summed E-state index contributed by atoms with van der Waals surface area (Å²) in [5, 5.41) is 13.7. The number of nitro groups is 1. The van der Waals surface area contributed by atoms with E-state index in [-0.39, 0.29) is 28.3 Å². The molecule has 136 valence electrons. The topological polar surface area (TPSA) is 108 Å². The first kappa shape index (κ1) is 18.8. The van der Waals surface area contributed by atoms with Crippen LogP contribution in [-0.2, 0) is 4.74 Å². The van der Waals surface area contributed by atoms with E-state index in [1.54, 1.807) is 0 Å². The molecule has 0 aliphatic heterocycles. The molecule has 0 unspecified atom stereocenters. The summed E-state index contributed by atoms with van der Waals surface area (Å²) in [7, 11) is 2.82. The van der Waals surface area contributed by atoms with Crippen LogP contribution in [-0.4, -0.2) is 37.4 Å². The molecule has 0 aliphatic rings. The summed E-state index contributed by atoms with van der Waals surface area (Å²) in [5.74, 6) is -2.09. The van der Waals surface area contributed by atoms with E-state index >= 15 is 0 Å². The smallest absolute Gasteiger partial charge is 0.338 e. The highest BCUT2D eigenvalue weighted by Gasteiger charge is 2.20. The van der Waals surface area contributed by atoms with Crippen LogP contribution in [0, 0.1) is 15.9 Å². The number of esters is 1. The Balaban J connectivity index is 2.14. The molecular formula is C17H15FN2O6. The quantitative estimate of drug-likeness (QED) is 0.349. The van der Waals surface area contributed by atoms with Gasteiger partial charge in [0.05, 0.1) is 23.2 Å². The zero-order valence-electron chi connectivity index (χ0n) is 13.9. The van der Waals surface area contributed by atoms with Gasteiger partial charge in [0, 0.05) is 13.1 Å². The van der Waals surface area contributed by atoms with Crippen molar-refractivity contribution in [2.75, 3.05) is 26.1 Å². The number of nitro benzene ring substituents is 1. The molecule has 0 spiro atoms. The van der Waals surface area contributed by atoms with Crippen molar-refractivity contribution >= 4 is 23.1 Å². The standard InChI is InChI=1S/C17H15FN2O6/c1-19-13-5-3-10(7-14(13)20(23)24)17(22)26-9-15(21)12-8-11(18)4-6-16(12)25-2/h3-8,19H,9H2,1-2H3. The molecule has 0 aromatic heterocycles. The zero-order valence-corrected chi connectivity index (χ0v) is 13.9. The Morgan fingerprint density at radius 1 is 1.23 bits per heavy atom. The molecule has 0 amide bonds. The lowest BCUT2D eigenvalue weighted by Crippen LogP contribution is -2.15. The van der Waals surface area contributed by atoms with E-state index in [0.717, 1.165) is 18.2 Å². The molecule has 26 heavy (non-hydrogen) atoms. The zero-order chi connectivity index (χ0) is 19.3. The molecule has 8 nitrogen and oxygen atoms in total. The van der Waals surface area contributed by atoms with Crippen molar-refractivity contribution < 1.29 is 28.4 Å². The predicted molar refractivity (Wildman–Crippen MR) is 90.2 cm³/mol. The first-order valence-electron chi connectivity index (χ1n) is 7.37. The average Bonchev–Trinajstić information content (AvgIpc) is 2.65. The lowest BCUT2D eigenvalue weighted by molar-refractivity contribution is -0.384. The maximum atomic E-state index is 13.3. The number of ketones is 1. The number of carbonyl (C=O) groups excluding carboxylic acids is 2. The highest BCUT2D eigenvalue weighted by molar-refractivity contribution is 6.01. The maximum Gasteiger partial charge on any atom is 0.338 e. The van der Waals surface area contributed by atoms with Crippen molar-refractivity contribution in [2.24, 2.45) is 0 Å². The van der Waals surface area contributed by atoms with Gasteiger partial charge in [-0.25, -0.2) is 9.18 Å². The number of anilines is 1. The molecule has 1 N–H and O–H groups in total. The Morgan fingerprint density at radius 3 is 2.58 bits per heavy atom. The number of carbonyl (C=O) groups is 2. The van der Waals surface area contributed by atoms with Gasteiger partial charge in [0.25, 0.3) is 5.69 Å². The van der Waals surface area contributed by atoms with Gasteiger partial charge < -0.3 is 14.8 Å². The summed E-state index contributed by atoms with van der Waals surface area (Å²) in [5.41, 5.74) is -0.237. The van der Waals surface area contributed by atoms with Gasteiger partial charge in [-0.2, -0.15) is 0 Å². The first-order valence-corrected chi connectivity index (χ1v) is 7.37. The minimum atomic E-state index is -0.917. The fourth-order valence-electron chi connectivity index (χ4n) is 2.21. The summed E-state index contributed by atoms with van der Waals surface area (Å²) in [6.07, 6.45) is 0. The van der Waals surface area contributed by atoms with Crippen LogP contribution < -0.4 is 10.1 Å². The van der Waals surface area contributed by atoms with Crippen molar-refractivity contribution in [3.8, 4) is 5.75 Å². The Kier molecular flexibility index (Phi) is 5.84. The summed E-state index contributed by atoms with van der Waals surface area (Å²) < 4.78 is 23.2. The fraction of sp³-hybridized carbons (Fsp3) is 0.176. The third-order valence-electron chi connectivity index (χ3n) is 3.50. The Labute approximate surface area is 147 Å². The molecule has 2 aromatic rings. The van der Waals surface area contributed by atoms with Crippen LogP contribution in [0.2, 0.25) is 0 Å². The lowest BCUT2D eigenvalue weighted by Gasteiger charge is -2.09. The second kappa shape index (κ2) is 8.06. The SMILES string of the molecule is CNc1ccc(C(=O)OCC(=O)c2cc(F)ccc2OC)cc1[N+](=O)[O-]. The van der Waals surface area contributed by atoms with E-state index in [2.05, 4.69) is 5.32 Å². The van der Waals surface area contributed by atoms with Gasteiger partial charge in [-0.05, 0) is 30.3 Å². The first-order chi connectivity index (χ1) is 12.4. The van der Waals surface area contributed by atoms with Gasteiger partial charge in [0.15, 0.2) is 6.61 Å². The third kappa shape index (κ3) is 4.12. The fourth-order valence-corrected chi connectivity index (χ4v) is 2.21. The van der Waals surface area contributed by atoms with Crippen LogP contribution in [0.4, 0.5) is 15.8 Å². The monoisotopic (exact) mass is 362 g/mol. The van der Waals surface area contributed by atoms with E-state index in [9.17, 15) is 24.1 Å². The maximum absolute atomic E-state index is 13.3. The Morgan fingerprint density at radius 2 is 1.96 bits per heavy atom. The predicted octanol–water partition coefficient (Wildman–Crippen LogP) is 2.82. The minimum absolute atomic E-state index is 0.0724. The van der Waals surface area contributed by atoms with Crippen LogP contribution >= 0.6 is 0 Å². The molecule has 0 aliphatic carbocycles. The number of nitrogens with zero attached hydrogens (tertiary/aromatic N) is 1. The Hall–Kier alpha value is -3.49. The van der Waals surface area contributed by atoms with Gasteiger partial charge in [0.2, 0.25) is 5.78 Å². The van der Waals surface area contributed by atoms with Gasteiger partial charge >= 0.3 is 5.97 Å². The van der Waals surface area contributed by atoms with E-state index in [1.807, 2.05) is 0 Å². The van der Waals surface area contributed by atoms with Crippen molar-refractivity contribution in [3.63, 3.8) is 0 Å². The number of hydrogen-bond acceptors (Lipinski definition) is 7. The molecule has 0 saturated heterocycles. The number of Topliss-reactive ketones (excluding diaryl/α,β-unsaturated/α-hetero) is 1. The number of ether oxygens (including phenoxy) is 2. The van der Waals surface area contributed by atoms with Crippen molar-refractivity contribution in [2.45, 2.75) is 0 Å². The van der Waals surface area contributed by atoms with Crippen molar-refractivity contribution in [1.29, 1.82) is 0 Å². The number of methoxy groups -OCH3 is 1. The number of hydrogen-bond donors (Lipinski definition) is 1. The number of benzene rings is 2. The van der Waals surface area contributed by atoms with E-state index in [0.29, 0.717) is 0 Å². The van der Waals surface area contributed by atoms with E-state index in [1.165, 1.54) is 32.4 Å². The van der Waals surface area contributed by atoms with Gasteiger partial charge in [-0.15, -0.1) is 0 Å². The summed E-state index contributed by atoms with van der Waals surface area (Å²) in [4.78, 5) is 34.6. The second-order valence-electron chi connectivity index (χ2n) is 5.08. The lowest BCUT2D eigenvalue weighted by atomic mass is 10.1. The Bertz CT molecular complexity index is 868. The van der Waals surface area contributed by atoms with Crippen LogP contribution in [0.1, 0.15) is 20.7 Å². The number of nitrogens with one attached hydrogen (secondary N) is 1. The van der Waals surface area contributed by atoms with Crippen LogP contribution in [0.25, 0.3) is 0 Å². The summed E-state index contributed by atoms with van der Waals surface area (Å²) >= 11 is 0. The second-order valence-corrected chi connectivity index (χ2v) is 5.08. The summed E-state index contributed by atoms with van der Waals surface area (Å²) in [6, 6.07) is 7.11. The molecule has 0 radical (unpaired) electrons. The van der Waals surface area contributed by atoms with Gasteiger partial charge in [-0.1, -0.05) is 0 Å². The molecule has 0 saturated carbocycles. The molecule has 0 atom stereocenters. The average molecular weight is 362 g/mol. The summed E-state index contributed by atoms with van der Waals surface area (Å²) in [6.45, 7) is -0.666. The largest absolute Gasteiger partial charge is 0.496 e. The molecule has 2 aromatic carbocycles. The van der Waals surface area contributed by atoms with Crippen LogP contribution in [0.5, 0.6) is 5.75 Å². The van der Waals surface area contributed by atoms with Crippen molar-refractivity contribution in [3.05, 3.63) is 63.5 Å². The molecule has 2 rings (SSSR count). The van der Waals surface area contributed by atoms with Gasteiger partial charge in [0.1, 0.15) is 17.3 Å². The number of halogens is 1. The highest BCUT2D eigenvalue weighted by Crippen LogP contribution is 2.25. The minimum Gasteiger partial charge on any atom is -0.496 e. The normalized spacial score (nSPS) is 10.1. The molecule has 9 heteroatoms. The van der Waals surface area contributed by atoms with E-state index in [4.69, 9.17) is 9.47 Å². The third-order valence-corrected chi connectivity index (χ3v) is 3.50. The van der Waals surface area contributed by atoms with Crippen LogP contribution in [0.3, 0.4) is 0 Å². The molecular weight excluding hydrogens is 347 g/mol. The van der Waals surface area contributed by atoms with E-state index < -0.39 is 29.1 Å². The molecule has 0 heterocycles.